The number of hydrogen-bond donors (Lipinski definition) is 1. The van der Waals surface area contributed by atoms with Crippen LogP contribution in [0.2, 0.25) is 0 Å². The fourth-order valence-electron chi connectivity index (χ4n) is 2.93. The molecule has 0 amide bonds. The highest BCUT2D eigenvalue weighted by atomic mass is 15.0. The van der Waals surface area contributed by atoms with Crippen molar-refractivity contribution in [1.29, 1.82) is 0 Å². The molecule has 1 aliphatic carbocycles. The minimum Gasteiger partial charge on any atom is -0.337 e. The second-order valence-electron chi connectivity index (χ2n) is 5.64. The summed E-state index contributed by atoms with van der Waals surface area (Å²) in [6.45, 7) is 3.16. The van der Waals surface area contributed by atoms with Crippen LogP contribution in [0.3, 0.4) is 0 Å². The first-order chi connectivity index (χ1) is 9.92. The molecule has 0 atom stereocenters. The van der Waals surface area contributed by atoms with Crippen LogP contribution < -0.4 is 5.32 Å². The van der Waals surface area contributed by atoms with Crippen molar-refractivity contribution in [3.8, 4) is 0 Å². The molecule has 1 aromatic heterocycles. The van der Waals surface area contributed by atoms with Crippen molar-refractivity contribution in [2.45, 2.75) is 45.2 Å². The van der Waals surface area contributed by atoms with Gasteiger partial charge in [-0.25, -0.2) is 4.98 Å². The van der Waals surface area contributed by atoms with Gasteiger partial charge in [-0.15, -0.1) is 0 Å². The standard InChI is InChI=1S/C17H23N3/c1(2-10-20-11-9-19-14-20)8-18-13-15-6-7-16-4-3-5-17(16)12-15/h6-7,9,11-12,14,18H,1-5,8,10,13H2. The lowest BCUT2D eigenvalue weighted by atomic mass is 10.1. The van der Waals surface area contributed by atoms with Gasteiger partial charge in [-0.05, 0) is 55.3 Å². The molecule has 2 aromatic rings. The second-order valence-corrected chi connectivity index (χ2v) is 5.64. The van der Waals surface area contributed by atoms with Gasteiger partial charge in [0.15, 0.2) is 0 Å². The van der Waals surface area contributed by atoms with E-state index in [9.17, 15) is 0 Å². The fourth-order valence-corrected chi connectivity index (χ4v) is 2.93. The fraction of sp³-hybridized carbons (Fsp3) is 0.471. The van der Waals surface area contributed by atoms with Crippen LogP contribution in [-0.4, -0.2) is 16.1 Å². The Labute approximate surface area is 121 Å². The largest absolute Gasteiger partial charge is 0.337 e. The minimum atomic E-state index is 0.998. The topological polar surface area (TPSA) is 29.9 Å². The third kappa shape index (κ3) is 3.48. The molecule has 0 aliphatic heterocycles. The van der Waals surface area contributed by atoms with Crippen molar-refractivity contribution >= 4 is 0 Å². The van der Waals surface area contributed by atoms with Gasteiger partial charge in [0.1, 0.15) is 0 Å². The Morgan fingerprint density at radius 3 is 3.00 bits per heavy atom. The first-order valence-electron chi connectivity index (χ1n) is 7.69. The van der Waals surface area contributed by atoms with E-state index in [1.807, 2.05) is 18.7 Å². The molecular weight excluding hydrogens is 246 g/mol. The van der Waals surface area contributed by atoms with Gasteiger partial charge in [-0.2, -0.15) is 0 Å². The van der Waals surface area contributed by atoms with Crippen molar-refractivity contribution in [1.82, 2.24) is 14.9 Å². The highest BCUT2D eigenvalue weighted by molar-refractivity contribution is 5.35. The van der Waals surface area contributed by atoms with Gasteiger partial charge in [-0.3, -0.25) is 0 Å². The summed E-state index contributed by atoms with van der Waals surface area (Å²) in [5, 5.41) is 3.55. The van der Waals surface area contributed by atoms with Crippen LogP contribution in [0.5, 0.6) is 0 Å². The van der Waals surface area contributed by atoms with E-state index >= 15 is 0 Å². The zero-order valence-electron chi connectivity index (χ0n) is 12.0. The third-order valence-electron chi connectivity index (χ3n) is 4.07. The van der Waals surface area contributed by atoms with Crippen LogP contribution in [0.15, 0.2) is 36.9 Å². The molecule has 0 bridgehead atoms. The maximum Gasteiger partial charge on any atom is 0.0945 e. The van der Waals surface area contributed by atoms with Crippen LogP contribution in [0.4, 0.5) is 0 Å². The predicted octanol–water partition coefficient (Wildman–Crippen LogP) is 2.94. The van der Waals surface area contributed by atoms with Crippen LogP contribution in [0.25, 0.3) is 0 Å². The maximum atomic E-state index is 4.05. The first kappa shape index (κ1) is 13.4. The average molecular weight is 269 g/mol. The summed E-state index contributed by atoms with van der Waals surface area (Å²) < 4.78 is 2.14. The van der Waals surface area contributed by atoms with Gasteiger partial charge in [0.05, 0.1) is 6.33 Å². The van der Waals surface area contributed by atoms with Crippen molar-refractivity contribution in [3.05, 3.63) is 53.6 Å². The third-order valence-corrected chi connectivity index (χ3v) is 4.07. The van der Waals surface area contributed by atoms with E-state index in [1.165, 1.54) is 37.7 Å². The van der Waals surface area contributed by atoms with Crippen molar-refractivity contribution in [2.24, 2.45) is 0 Å². The van der Waals surface area contributed by atoms with Crippen molar-refractivity contribution < 1.29 is 0 Å². The van der Waals surface area contributed by atoms with Gasteiger partial charge >= 0.3 is 0 Å². The molecule has 0 radical (unpaired) electrons. The van der Waals surface area contributed by atoms with Gasteiger partial charge in [0.2, 0.25) is 0 Å². The molecule has 0 saturated carbocycles. The Morgan fingerprint density at radius 2 is 2.10 bits per heavy atom. The zero-order chi connectivity index (χ0) is 13.6. The highest BCUT2D eigenvalue weighted by Gasteiger charge is 2.10. The van der Waals surface area contributed by atoms with E-state index in [2.05, 4.69) is 33.1 Å². The smallest absolute Gasteiger partial charge is 0.0945 e. The highest BCUT2D eigenvalue weighted by Crippen LogP contribution is 2.22. The summed E-state index contributed by atoms with van der Waals surface area (Å²) in [4.78, 5) is 4.05. The van der Waals surface area contributed by atoms with E-state index in [-0.39, 0.29) is 0 Å². The summed E-state index contributed by atoms with van der Waals surface area (Å²) in [7, 11) is 0. The molecule has 3 nitrogen and oxygen atoms in total. The van der Waals surface area contributed by atoms with Crippen molar-refractivity contribution in [3.63, 3.8) is 0 Å². The Balaban J connectivity index is 1.33. The lowest BCUT2D eigenvalue weighted by Crippen LogP contribution is -2.15. The van der Waals surface area contributed by atoms with Crippen molar-refractivity contribution in [2.75, 3.05) is 6.54 Å². The average Bonchev–Trinajstić information content (AvgIpc) is 3.13. The summed E-state index contributed by atoms with van der Waals surface area (Å²) >= 11 is 0. The van der Waals surface area contributed by atoms with E-state index in [0.717, 1.165) is 19.6 Å². The maximum absolute atomic E-state index is 4.05. The quantitative estimate of drug-likeness (QED) is 0.783. The number of imidazole rings is 1. The van der Waals surface area contributed by atoms with Crippen LogP contribution in [-0.2, 0) is 25.9 Å². The molecular formula is C17H23N3. The number of unbranched alkanes of at least 4 members (excludes halogenated alkanes) is 1. The predicted molar refractivity (Wildman–Crippen MR) is 81.6 cm³/mol. The van der Waals surface area contributed by atoms with Crippen LogP contribution >= 0.6 is 0 Å². The number of hydrogen-bond acceptors (Lipinski definition) is 2. The SMILES string of the molecule is c1cn(CCCCNCc2ccc3c(c2)CCC3)cn1. The zero-order valence-corrected chi connectivity index (χ0v) is 12.0. The Kier molecular flexibility index (Phi) is 4.49. The van der Waals surface area contributed by atoms with Gasteiger partial charge in [0, 0.05) is 25.5 Å². The number of rotatable bonds is 7. The number of fused-ring (bicyclic) bond motifs is 1. The molecule has 1 heterocycles. The van der Waals surface area contributed by atoms with Crippen LogP contribution in [0.1, 0.15) is 36.0 Å². The molecule has 3 rings (SSSR count). The monoisotopic (exact) mass is 269 g/mol. The molecule has 20 heavy (non-hydrogen) atoms. The number of aromatic nitrogens is 2. The summed E-state index contributed by atoms with van der Waals surface area (Å²) in [5.41, 5.74) is 4.57. The van der Waals surface area contributed by atoms with E-state index in [0.29, 0.717) is 0 Å². The number of nitrogens with one attached hydrogen (secondary N) is 1. The van der Waals surface area contributed by atoms with E-state index < -0.39 is 0 Å². The molecule has 1 N–H and O–H groups in total. The van der Waals surface area contributed by atoms with Crippen LogP contribution in [0, 0.1) is 0 Å². The molecule has 0 fully saturated rings. The number of nitrogens with zero attached hydrogens (tertiary/aromatic N) is 2. The summed E-state index contributed by atoms with van der Waals surface area (Å²) in [6, 6.07) is 6.99. The molecule has 1 aliphatic rings. The Bertz CT molecular complexity index is 531. The van der Waals surface area contributed by atoms with E-state index in [4.69, 9.17) is 0 Å². The molecule has 0 spiro atoms. The Hall–Kier alpha value is -1.61. The Morgan fingerprint density at radius 1 is 1.15 bits per heavy atom. The number of benzene rings is 1. The minimum absolute atomic E-state index is 0.998. The summed E-state index contributed by atoms with van der Waals surface area (Å²) in [6.07, 6.45) is 12.0. The molecule has 0 saturated heterocycles. The first-order valence-corrected chi connectivity index (χ1v) is 7.69. The lowest BCUT2D eigenvalue weighted by Gasteiger charge is -2.07. The molecule has 106 valence electrons. The van der Waals surface area contributed by atoms with Gasteiger partial charge < -0.3 is 9.88 Å². The van der Waals surface area contributed by atoms with E-state index in [1.54, 1.807) is 11.1 Å². The molecule has 0 unspecified atom stereocenters. The summed E-state index contributed by atoms with van der Waals surface area (Å²) in [5.74, 6) is 0. The molecule has 3 heteroatoms. The second kappa shape index (κ2) is 6.71. The van der Waals surface area contributed by atoms with Gasteiger partial charge in [-0.1, -0.05) is 18.2 Å². The molecule has 1 aromatic carbocycles. The normalized spacial score (nSPS) is 13.6. The van der Waals surface area contributed by atoms with Gasteiger partial charge in [0.25, 0.3) is 0 Å². The number of aryl methyl sites for hydroxylation is 3. The lowest BCUT2D eigenvalue weighted by molar-refractivity contribution is 0.568.